The van der Waals surface area contributed by atoms with Crippen molar-refractivity contribution in [3.63, 3.8) is 0 Å². The predicted molar refractivity (Wildman–Crippen MR) is 109 cm³/mol. The Hall–Kier alpha value is -3.55. The van der Waals surface area contributed by atoms with Gasteiger partial charge in [-0.1, -0.05) is 6.07 Å². The van der Waals surface area contributed by atoms with Crippen molar-refractivity contribution in [2.45, 2.75) is 25.7 Å². The van der Waals surface area contributed by atoms with Gasteiger partial charge in [0.25, 0.3) is 0 Å². The molecule has 1 saturated heterocycles. The second-order valence-electron chi connectivity index (χ2n) is 7.71. The van der Waals surface area contributed by atoms with E-state index in [4.69, 9.17) is 0 Å². The summed E-state index contributed by atoms with van der Waals surface area (Å²) in [7, 11) is 0. The van der Waals surface area contributed by atoms with E-state index in [-0.39, 0.29) is 23.9 Å². The van der Waals surface area contributed by atoms with Crippen molar-refractivity contribution >= 4 is 23.2 Å². The Bertz CT molecular complexity index is 1130. The summed E-state index contributed by atoms with van der Waals surface area (Å²) < 4.78 is 15.7. The van der Waals surface area contributed by atoms with Crippen LogP contribution in [0.15, 0.2) is 49.1 Å². The van der Waals surface area contributed by atoms with E-state index in [2.05, 4.69) is 27.5 Å². The summed E-state index contributed by atoms with van der Waals surface area (Å²) in [4.78, 5) is 30.7. The highest BCUT2D eigenvalue weighted by atomic mass is 19.1. The molecule has 8 heteroatoms. The van der Waals surface area contributed by atoms with E-state index in [1.54, 1.807) is 11.0 Å². The van der Waals surface area contributed by atoms with Crippen LogP contribution in [0.1, 0.15) is 24.0 Å². The summed E-state index contributed by atoms with van der Waals surface area (Å²) in [6, 6.07) is 10.5. The number of benzene rings is 2. The van der Waals surface area contributed by atoms with Crippen molar-refractivity contribution in [1.82, 2.24) is 14.8 Å². The second kappa shape index (κ2) is 7.37. The summed E-state index contributed by atoms with van der Waals surface area (Å²) in [5.41, 5.74) is 4.06. The molecule has 1 unspecified atom stereocenters. The minimum absolute atomic E-state index is 0.0687. The lowest BCUT2D eigenvalue weighted by molar-refractivity contribution is -0.122. The average molecular weight is 405 g/mol. The van der Waals surface area contributed by atoms with E-state index in [9.17, 15) is 14.0 Å². The van der Waals surface area contributed by atoms with Gasteiger partial charge in [-0.05, 0) is 60.7 Å². The van der Waals surface area contributed by atoms with Gasteiger partial charge < -0.3 is 10.2 Å². The monoisotopic (exact) mass is 405 g/mol. The van der Waals surface area contributed by atoms with E-state index in [0.29, 0.717) is 12.2 Å². The third-order valence-corrected chi connectivity index (χ3v) is 5.77. The standard InChI is InChI=1S/C22H20FN5O2/c23-19-10-17(5-7-20(19)28-13-24-12-25-28)26-22(30)16-9-21(29)27(11-16)18-6-4-14-2-1-3-15(14)8-18/h4-8,10,12-13,16H,1-3,9,11H2,(H,26,30). The number of hydrogen-bond acceptors (Lipinski definition) is 4. The highest BCUT2D eigenvalue weighted by Crippen LogP contribution is 2.31. The molecule has 1 atom stereocenters. The number of nitrogens with zero attached hydrogens (tertiary/aromatic N) is 4. The van der Waals surface area contributed by atoms with Gasteiger partial charge in [0.15, 0.2) is 5.82 Å². The predicted octanol–water partition coefficient (Wildman–Crippen LogP) is 2.89. The molecular weight excluding hydrogens is 385 g/mol. The first kappa shape index (κ1) is 18.5. The molecule has 7 nitrogen and oxygen atoms in total. The molecule has 1 aromatic heterocycles. The summed E-state index contributed by atoms with van der Waals surface area (Å²) in [5.74, 6) is -1.37. The molecule has 0 spiro atoms. The van der Waals surface area contributed by atoms with Gasteiger partial charge in [0.1, 0.15) is 18.3 Å². The highest BCUT2D eigenvalue weighted by Gasteiger charge is 2.35. The summed E-state index contributed by atoms with van der Waals surface area (Å²) in [6.07, 6.45) is 6.12. The lowest BCUT2D eigenvalue weighted by Gasteiger charge is -2.18. The summed E-state index contributed by atoms with van der Waals surface area (Å²) >= 11 is 0. The largest absolute Gasteiger partial charge is 0.326 e. The zero-order valence-corrected chi connectivity index (χ0v) is 16.2. The summed E-state index contributed by atoms with van der Waals surface area (Å²) in [6.45, 7) is 0.322. The Morgan fingerprint density at radius 1 is 1.13 bits per heavy atom. The molecular formula is C22H20FN5O2. The van der Waals surface area contributed by atoms with Gasteiger partial charge in [0.2, 0.25) is 11.8 Å². The van der Waals surface area contributed by atoms with Crippen molar-refractivity contribution in [1.29, 1.82) is 0 Å². The number of aromatic nitrogens is 3. The SMILES string of the molecule is O=C(Nc1ccc(-n2cncn2)c(F)c1)C1CC(=O)N(c2ccc3c(c2)CCC3)C1. The van der Waals surface area contributed by atoms with Crippen LogP contribution in [0.5, 0.6) is 0 Å². The average Bonchev–Trinajstić information content (AvgIpc) is 3.48. The molecule has 0 saturated carbocycles. The Balaban J connectivity index is 1.28. The Labute approximate surface area is 172 Å². The number of hydrogen-bond donors (Lipinski definition) is 1. The van der Waals surface area contributed by atoms with E-state index in [0.717, 1.165) is 24.9 Å². The zero-order valence-electron chi connectivity index (χ0n) is 16.2. The van der Waals surface area contributed by atoms with Gasteiger partial charge in [-0.3, -0.25) is 9.59 Å². The van der Waals surface area contributed by atoms with Crippen molar-refractivity contribution < 1.29 is 14.0 Å². The van der Waals surface area contributed by atoms with Crippen LogP contribution < -0.4 is 10.2 Å². The van der Waals surface area contributed by atoms with E-state index in [1.165, 1.54) is 40.6 Å². The number of nitrogens with one attached hydrogen (secondary N) is 1. The first-order valence-corrected chi connectivity index (χ1v) is 9.96. The number of carbonyl (C=O) groups is 2. The van der Waals surface area contributed by atoms with Gasteiger partial charge in [0.05, 0.1) is 5.92 Å². The minimum Gasteiger partial charge on any atom is -0.326 e. The van der Waals surface area contributed by atoms with Crippen molar-refractivity contribution in [2.24, 2.45) is 5.92 Å². The van der Waals surface area contributed by atoms with Crippen molar-refractivity contribution in [3.8, 4) is 5.69 Å². The molecule has 1 N–H and O–H groups in total. The maximum atomic E-state index is 14.4. The number of fused-ring (bicyclic) bond motifs is 1. The fraction of sp³-hybridized carbons (Fsp3) is 0.273. The van der Waals surface area contributed by atoms with Crippen LogP contribution in [0.25, 0.3) is 5.69 Å². The first-order valence-electron chi connectivity index (χ1n) is 9.96. The molecule has 30 heavy (non-hydrogen) atoms. The van der Waals surface area contributed by atoms with Crippen molar-refractivity contribution in [2.75, 3.05) is 16.8 Å². The molecule has 2 aliphatic rings. The molecule has 1 fully saturated rings. The molecule has 1 aliphatic heterocycles. The van der Waals surface area contributed by atoms with Crippen LogP contribution in [0.3, 0.4) is 0 Å². The quantitative estimate of drug-likeness (QED) is 0.724. The van der Waals surface area contributed by atoms with Gasteiger partial charge in [0, 0.05) is 24.3 Å². The van der Waals surface area contributed by atoms with Crippen LogP contribution in [0.4, 0.5) is 15.8 Å². The molecule has 3 aromatic rings. The van der Waals surface area contributed by atoms with Crippen LogP contribution >= 0.6 is 0 Å². The van der Waals surface area contributed by atoms with E-state index >= 15 is 0 Å². The highest BCUT2D eigenvalue weighted by molar-refractivity contribution is 6.03. The first-order chi connectivity index (χ1) is 14.6. The van der Waals surface area contributed by atoms with Gasteiger partial charge in [-0.2, -0.15) is 5.10 Å². The third kappa shape index (κ3) is 3.34. The van der Waals surface area contributed by atoms with E-state index < -0.39 is 11.7 Å². The van der Waals surface area contributed by atoms with Gasteiger partial charge in [-0.15, -0.1) is 0 Å². The minimum atomic E-state index is -0.527. The molecule has 5 rings (SSSR count). The summed E-state index contributed by atoms with van der Waals surface area (Å²) in [5, 5.41) is 6.63. The molecule has 0 radical (unpaired) electrons. The number of anilines is 2. The number of halogens is 1. The van der Waals surface area contributed by atoms with Crippen LogP contribution in [0, 0.1) is 11.7 Å². The lowest BCUT2D eigenvalue weighted by Crippen LogP contribution is -2.28. The van der Waals surface area contributed by atoms with Crippen LogP contribution in [0.2, 0.25) is 0 Å². The lowest BCUT2D eigenvalue weighted by atomic mass is 10.1. The molecule has 1 aliphatic carbocycles. The Kier molecular flexibility index (Phi) is 4.54. The number of rotatable bonds is 4. The second-order valence-corrected chi connectivity index (χ2v) is 7.71. The molecule has 2 heterocycles. The zero-order chi connectivity index (χ0) is 20.7. The van der Waals surface area contributed by atoms with E-state index in [1.807, 2.05) is 6.07 Å². The molecule has 2 amide bonds. The maximum Gasteiger partial charge on any atom is 0.229 e. The Morgan fingerprint density at radius 3 is 2.80 bits per heavy atom. The number of aryl methyl sites for hydroxylation is 2. The van der Waals surface area contributed by atoms with Crippen LogP contribution in [-0.4, -0.2) is 33.1 Å². The number of carbonyl (C=O) groups excluding carboxylic acids is 2. The fourth-order valence-corrected chi connectivity index (χ4v) is 4.21. The smallest absolute Gasteiger partial charge is 0.229 e. The fourth-order valence-electron chi connectivity index (χ4n) is 4.21. The number of amides is 2. The molecule has 152 valence electrons. The van der Waals surface area contributed by atoms with Gasteiger partial charge in [-0.25, -0.2) is 14.1 Å². The Morgan fingerprint density at radius 2 is 2.00 bits per heavy atom. The van der Waals surface area contributed by atoms with Crippen molar-refractivity contribution in [3.05, 3.63) is 66.0 Å². The van der Waals surface area contributed by atoms with Crippen LogP contribution in [-0.2, 0) is 22.4 Å². The topological polar surface area (TPSA) is 80.1 Å². The normalized spacial score (nSPS) is 18.0. The molecule has 0 bridgehead atoms. The maximum absolute atomic E-state index is 14.4. The third-order valence-electron chi connectivity index (χ3n) is 5.77. The van der Waals surface area contributed by atoms with Gasteiger partial charge >= 0.3 is 0 Å². The molecule has 2 aromatic carbocycles.